The highest BCUT2D eigenvalue weighted by Crippen LogP contribution is 1.99. The second-order valence-corrected chi connectivity index (χ2v) is 3.57. The van der Waals surface area contributed by atoms with Crippen LogP contribution in [-0.2, 0) is 6.42 Å². The summed E-state index contributed by atoms with van der Waals surface area (Å²) in [5.41, 5.74) is 1.29. The second-order valence-electron chi connectivity index (χ2n) is 3.57. The minimum atomic E-state index is -0.410. The molecule has 0 amide bonds. The molecule has 2 N–H and O–H groups in total. The van der Waals surface area contributed by atoms with Crippen LogP contribution in [0.2, 0.25) is 0 Å². The molecule has 1 atom stereocenters. The Morgan fingerprint density at radius 3 is 2.73 bits per heavy atom. The van der Waals surface area contributed by atoms with Crippen molar-refractivity contribution >= 4 is 0 Å². The van der Waals surface area contributed by atoms with E-state index in [4.69, 9.17) is 0 Å². The highest BCUT2D eigenvalue weighted by Gasteiger charge is 2.00. The fourth-order valence-corrected chi connectivity index (χ4v) is 1.41. The molecule has 2 heteroatoms. The molecule has 0 aliphatic heterocycles. The number of aliphatic hydroxyl groups excluding tert-OH is 1. The third kappa shape index (κ3) is 5.35. The first-order chi connectivity index (χ1) is 7.33. The zero-order chi connectivity index (χ0) is 10.9. The van der Waals surface area contributed by atoms with Crippen molar-refractivity contribution in [1.29, 1.82) is 0 Å². The Labute approximate surface area is 91.6 Å². The number of nitrogens with one attached hydrogen (secondary N) is 1. The largest absolute Gasteiger partial charge is 0.379 e. The molecule has 0 fully saturated rings. The minimum Gasteiger partial charge on any atom is -0.379 e. The third-order valence-electron chi connectivity index (χ3n) is 2.28. The molecule has 1 aromatic carbocycles. The zero-order valence-electron chi connectivity index (χ0n) is 9.02. The van der Waals surface area contributed by atoms with Crippen molar-refractivity contribution in [2.75, 3.05) is 6.54 Å². The van der Waals surface area contributed by atoms with E-state index in [0.717, 1.165) is 25.8 Å². The lowest BCUT2D eigenvalue weighted by Gasteiger charge is -2.11. The van der Waals surface area contributed by atoms with Gasteiger partial charge in [-0.1, -0.05) is 36.4 Å². The lowest BCUT2D eigenvalue weighted by molar-refractivity contribution is 0.129. The van der Waals surface area contributed by atoms with E-state index >= 15 is 0 Å². The van der Waals surface area contributed by atoms with Gasteiger partial charge < -0.3 is 5.11 Å². The summed E-state index contributed by atoms with van der Waals surface area (Å²) in [5, 5.41) is 12.6. The fourth-order valence-electron chi connectivity index (χ4n) is 1.41. The van der Waals surface area contributed by atoms with Crippen molar-refractivity contribution in [1.82, 2.24) is 5.32 Å². The van der Waals surface area contributed by atoms with Crippen LogP contribution in [0.3, 0.4) is 0 Å². The monoisotopic (exact) mass is 205 g/mol. The molecule has 0 aliphatic rings. The lowest BCUT2D eigenvalue weighted by atomic mass is 10.1. The summed E-state index contributed by atoms with van der Waals surface area (Å²) < 4.78 is 0. The van der Waals surface area contributed by atoms with E-state index in [1.807, 2.05) is 24.3 Å². The van der Waals surface area contributed by atoms with Crippen LogP contribution in [0.25, 0.3) is 0 Å². The SMILES string of the molecule is C=CCCC(O)NCCc1ccccc1. The predicted octanol–water partition coefficient (Wildman–Crippen LogP) is 2.10. The zero-order valence-corrected chi connectivity index (χ0v) is 9.02. The number of benzene rings is 1. The smallest absolute Gasteiger partial charge is 0.105 e. The van der Waals surface area contributed by atoms with Crippen LogP contribution in [0.4, 0.5) is 0 Å². The predicted molar refractivity (Wildman–Crippen MR) is 63.6 cm³/mol. The molecule has 0 radical (unpaired) electrons. The van der Waals surface area contributed by atoms with Crippen LogP contribution >= 0.6 is 0 Å². The van der Waals surface area contributed by atoms with Crippen LogP contribution in [0, 0.1) is 0 Å². The quantitative estimate of drug-likeness (QED) is 0.528. The first-order valence-corrected chi connectivity index (χ1v) is 5.39. The van der Waals surface area contributed by atoms with Gasteiger partial charge in [0.25, 0.3) is 0 Å². The number of rotatable bonds is 7. The Kier molecular flexibility index (Phi) is 5.74. The van der Waals surface area contributed by atoms with Gasteiger partial charge in [-0.3, -0.25) is 5.32 Å². The first-order valence-electron chi connectivity index (χ1n) is 5.39. The molecule has 0 aromatic heterocycles. The summed E-state index contributed by atoms with van der Waals surface area (Å²) in [4.78, 5) is 0. The van der Waals surface area contributed by atoms with Gasteiger partial charge in [-0.05, 0) is 24.8 Å². The maximum atomic E-state index is 9.50. The van der Waals surface area contributed by atoms with Crippen molar-refractivity contribution in [2.24, 2.45) is 0 Å². The molecule has 2 nitrogen and oxygen atoms in total. The van der Waals surface area contributed by atoms with Gasteiger partial charge in [0.15, 0.2) is 0 Å². The van der Waals surface area contributed by atoms with E-state index in [-0.39, 0.29) is 0 Å². The van der Waals surface area contributed by atoms with Gasteiger partial charge >= 0.3 is 0 Å². The van der Waals surface area contributed by atoms with Gasteiger partial charge in [0.05, 0.1) is 0 Å². The summed E-state index contributed by atoms with van der Waals surface area (Å²) in [6.45, 7) is 4.43. The van der Waals surface area contributed by atoms with Crippen LogP contribution < -0.4 is 5.32 Å². The highest BCUT2D eigenvalue weighted by atomic mass is 16.3. The Hall–Kier alpha value is -1.12. The summed E-state index contributed by atoms with van der Waals surface area (Å²) in [6, 6.07) is 10.3. The van der Waals surface area contributed by atoms with Crippen molar-refractivity contribution in [3.05, 3.63) is 48.6 Å². The normalized spacial score (nSPS) is 12.3. The fraction of sp³-hybridized carbons (Fsp3) is 0.385. The van der Waals surface area contributed by atoms with Gasteiger partial charge in [-0.25, -0.2) is 0 Å². The summed E-state index contributed by atoms with van der Waals surface area (Å²) in [7, 11) is 0. The molecule has 82 valence electrons. The van der Waals surface area contributed by atoms with Crippen LogP contribution in [0.5, 0.6) is 0 Å². The molecular weight excluding hydrogens is 186 g/mol. The van der Waals surface area contributed by atoms with Gasteiger partial charge in [0, 0.05) is 6.54 Å². The molecular formula is C13H19NO. The highest BCUT2D eigenvalue weighted by molar-refractivity contribution is 5.14. The summed E-state index contributed by atoms with van der Waals surface area (Å²) in [6.07, 6.45) is 3.94. The Morgan fingerprint density at radius 1 is 1.33 bits per heavy atom. The molecule has 0 saturated heterocycles. The van der Waals surface area contributed by atoms with Crippen LogP contribution in [0.1, 0.15) is 18.4 Å². The van der Waals surface area contributed by atoms with E-state index in [2.05, 4.69) is 24.0 Å². The van der Waals surface area contributed by atoms with Crippen molar-refractivity contribution < 1.29 is 5.11 Å². The number of hydrogen-bond donors (Lipinski definition) is 2. The summed E-state index contributed by atoms with van der Waals surface area (Å²) >= 11 is 0. The number of allylic oxidation sites excluding steroid dienone is 1. The maximum Gasteiger partial charge on any atom is 0.105 e. The molecule has 15 heavy (non-hydrogen) atoms. The van der Waals surface area contributed by atoms with Gasteiger partial charge in [0.1, 0.15) is 6.23 Å². The van der Waals surface area contributed by atoms with E-state index in [1.54, 1.807) is 0 Å². The molecule has 0 saturated carbocycles. The topological polar surface area (TPSA) is 32.3 Å². The van der Waals surface area contributed by atoms with Crippen LogP contribution in [0.15, 0.2) is 43.0 Å². The van der Waals surface area contributed by atoms with Gasteiger partial charge in [-0.2, -0.15) is 0 Å². The van der Waals surface area contributed by atoms with Crippen LogP contribution in [-0.4, -0.2) is 17.9 Å². The molecule has 0 heterocycles. The van der Waals surface area contributed by atoms with Gasteiger partial charge in [0.2, 0.25) is 0 Å². The molecule has 0 spiro atoms. The number of aliphatic hydroxyl groups is 1. The van der Waals surface area contributed by atoms with Crippen molar-refractivity contribution in [3.63, 3.8) is 0 Å². The first kappa shape index (κ1) is 12.0. The van der Waals surface area contributed by atoms with E-state index < -0.39 is 6.23 Å². The average molecular weight is 205 g/mol. The lowest BCUT2D eigenvalue weighted by Crippen LogP contribution is -2.30. The minimum absolute atomic E-state index is 0.410. The van der Waals surface area contributed by atoms with Gasteiger partial charge in [-0.15, -0.1) is 6.58 Å². The third-order valence-corrected chi connectivity index (χ3v) is 2.28. The second kappa shape index (κ2) is 7.21. The van der Waals surface area contributed by atoms with E-state index in [1.165, 1.54) is 5.56 Å². The molecule has 0 aliphatic carbocycles. The molecule has 1 rings (SSSR count). The molecule has 0 bridgehead atoms. The van der Waals surface area contributed by atoms with E-state index in [0.29, 0.717) is 0 Å². The average Bonchev–Trinajstić information content (AvgIpc) is 2.28. The number of hydrogen-bond acceptors (Lipinski definition) is 2. The standard InChI is InChI=1S/C13H19NO/c1-2-3-9-13(15)14-11-10-12-7-5-4-6-8-12/h2,4-8,13-15H,1,3,9-11H2. The Balaban J connectivity index is 2.13. The Morgan fingerprint density at radius 2 is 2.07 bits per heavy atom. The molecule has 1 unspecified atom stereocenters. The molecule has 1 aromatic rings. The van der Waals surface area contributed by atoms with E-state index in [9.17, 15) is 5.11 Å². The Bertz CT molecular complexity index is 271. The maximum absolute atomic E-state index is 9.50. The van der Waals surface area contributed by atoms with Crippen molar-refractivity contribution in [3.8, 4) is 0 Å². The summed E-state index contributed by atoms with van der Waals surface area (Å²) in [5.74, 6) is 0. The van der Waals surface area contributed by atoms with Crippen molar-refractivity contribution in [2.45, 2.75) is 25.5 Å².